The first-order valence-electron chi connectivity index (χ1n) is 13.5. The van der Waals surface area contributed by atoms with Gasteiger partial charge < -0.3 is 15.6 Å². The van der Waals surface area contributed by atoms with E-state index in [1.807, 2.05) is 30.3 Å². The number of piperidine rings is 1. The normalized spacial score (nSPS) is 14.1. The molecule has 0 aliphatic carbocycles. The van der Waals surface area contributed by atoms with Crippen molar-refractivity contribution in [1.29, 1.82) is 0 Å². The maximum atomic E-state index is 13.9. The van der Waals surface area contributed by atoms with Gasteiger partial charge in [0.15, 0.2) is 17.2 Å². The van der Waals surface area contributed by atoms with Crippen molar-refractivity contribution < 1.29 is 9.18 Å². The lowest BCUT2D eigenvalue weighted by atomic mass is 9.94. The van der Waals surface area contributed by atoms with Crippen LogP contribution in [-0.2, 0) is 4.79 Å². The third kappa shape index (κ3) is 5.03. The van der Waals surface area contributed by atoms with E-state index in [-0.39, 0.29) is 11.7 Å². The number of nitrogens with zero attached hydrogens (tertiary/aromatic N) is 5. The van der Waals surface area contributed by atoms with Gasteiger partial charge in [0, 0.05) is 29.9 Å². The number of H-pyrrole nitrogens is 2. The van der Waals surface area contributed by atoms with Gasteiger partial charge in [-0.25, -0.2) is 19.3 Å². The maximum absolute atomic E-state index is 13.9. The van der Waals surface area contributed by atoms with E-state index in [0.29, 0.717) is 57.5 Å². The fraction of sp³-hybridized carbons (Fsp3) is 0.200. The second-order valence-corrected chi connectivity index (χ2v) is 10.2. The van der Waals surface area contributed by atoms with Gasteiger partial charge in [0.1, 0.15) is 16.9 Å². The fourth-order valence-electron chi connectivity index (χ4n) is 5.34. The molecule has 4 N–H and O–H groups in total. The number of amides is 1. The predicted molar refractivity (Wildman–Crippen MR) is 154 cm³/mol. The van der Waals surface area contributed by atoms with E-state index in [4.69, 9.17) is 9.97 Å². The van der Waals surface area contributed by atoms with E-state index in [0.717, 1.165) is 42.6 Å². The molecule has 5 aromatic heterocycles. The van der Waals surface area contributed by atoms with Gasteiger partial charge in [0.2, 0.25) is 5.91 Å². The van der Waals surface area contributed by atoms with Crippen LogP contribution in [0.2, 0.25) is 0 Å². The molecule has 1 amide bonds. The highest BCUT2D eigenvalue weighted by Gasteiger charge is 2.19. The quantitative estimate of drug-likeness (QED) is 0.228. The van der Waals surface area contributed by atoms with Gasteiger partial charge in [-0.2, -0.15) is 5.10 Å². The number of nitrogens with one attached hydrogen (secondary N) is 4. The number of halogens is 1. The fourth-order valence-corrected chi connectivity index (χ4v) is 5.34. The molecule has 7 rings (SSSR count). The molecule has 1 saturated heterocycles. The Hall–Kier alpha value is -5.03. The molecule has 1 aliphatic heterocycles. The minimum absolute atomic E-state index is 0.00696. The Morgan fingerprint density at radius 1 is 1.00 bits per heavy atom. The van der Waals surface area contributed by atoms with Crippen LogP contribution in [0.25, 0.3) is 56.1 Å². The lowest BCUT2D eigenvalue weighted by Gasteiger charge is -2.21. The monoisotopic (exact) mass is 547 g/mol. The number of hydrogen-bond acceptors (Lipinski definition) is 7. The molecule has 1 aromatic carbocycles. The highest BCUT2D eigenvalue weighted by Crippen LogP contribution is 2.31. The number of benzene rings is 1. The van der Waals surface area contributed by atoms with Crippen LogP contribution in [0.5, 0.6) is 0 Å². The van der Waals surface area contributed by atoms with E-state index in [2.05, 4.69) is 35.8 Å². The van der Waals surface area contributed by atoms with Crippen molar-refractivity contribution in [2.45, 2.75) is 19.3 Å². The summed E-state index contributed by atoms with van der Waals surface area (Å²) in [6.07, 6.45) is 7.54. The molecule has 0 atom stereocenters. The van der Waals surface area contributed by atoms with Crippen LogP contribution in [0.3, 0.4) is 0 Å². The molecule has 11 heteroatoms. The highest BCUT2D eigenvalue weighted by atomic mass is 19.1. The third-order valence-corrected chi connectivity index (χ3v) is 7.40. The van der Waals surface area contributed by atoms with Crippen LogP contribution in [0.4, 0.5) is 10.1 Å². The smallest absolute Gasteiger partial charge is 0.224 e. The standard InChI is InChI=1S/C30H26FN9O/c31-20-3-1-2-18(13-20)22-8-11-34-29-26(22)37-30(38-29)28-27-24(39-40-28)5-4-23(36-27)19-14-21(16-33-15-19)35-25(41)12-17-6-9-32-10-7-17/h1-5,8,11,13-17,32H,6-7,9-10,12H2,(H,35,41)(H,39,40)(H,34,37,38). The Morgan fingerprint density at radius 2 is 1.90 bits per heavy atom. The minimum Gasteiger partial charge on any atom is -0.325 e. The summed E-state index contributed by atoms with van der Waals surface area (Å²) in [5, 5.41) is 13.8. The highest BCUT2D eigenvalue weighted by molar-refractivity contribution is 5.95. The third-order valence-electron chi connectivity index (χ3n) is 7.40. The molecular weight excluding hydrogens is 521 g/mol. The number of anilines is 1. The largest absolute Gasteiger partial charge is 0.325 e. The molecule has 204 valence electrons. The number of fused-ring (bicyclic) bond motifs is 2. The number of pyridine rings is 3. The molecule has 6 heterocycles. The van der Waals surface area contributed by atoms with Gasteiger partial charge in [0.05, 0.1) is 23.1 Å². The lowest BCUT2D eigenvalue weighted by Crippen LogP contribution is -2.30. The number of hydrogen-bond donors (Lipinski definition) is 4. The summed E-state index contributed by atoms with van der Waals surface area (Å²) in [6.45, 7) is 1.91. The summed E-state index contributed by atoms with van der Waals surface area (Å²) in [5.74, 6) is 0.560. The van der Waals surface area contributed by atoms with Gasteiger partial charge >= 0.3 is 0 Å². The average molecular weight is 548 g/mol. The van der Waals surface area contributed by atoms with E-state index in [9.17, 15) is 9.18 Å². The first kappa shape index (κ1) is 25.0. The molecule has 6 aromatic rings. The summed E-state index contributed by atoms with van der Waals surface area (Å²) in [5.41, 5.74) is 6.59. The van der Waals surface area contributed by atoms with Gasteiger partial charge in [-0.15, -0.1) is 0 Å². The second kappa shape index (κ2) is 10.5. The summed E-state index contributed by atoms with van der Waals surface area (Å²) in [4.78, 5) is 34.3. The molecule has 41 heavy (non-hydrogen) atoms. The van der Waals surface area contributed by atoms with Crippen LogP contribution in [0, 0.1) is 11.7 Å². The Bertz CT molecular complexity index is 1890. The summed E-state index contributed by atoms with van der Waals surface area (Å²) in [6, 6.07) is 13.8. The van der Waals surface area contributed by atoms with Gasteiger partial charge in [-0.3, -0.25) is 14.9 Å². The van der Waals surface area contributed by atoms with E-state index < -0.39 is 0 Å². The van der Waals surface area contributed by atoms with Crippen molar-refractivity contribution in [3.05, 3.63) is 72.9 Å². The zero-order valence-electron chi connectivity index (χ0n) is 22.0. The Morgan fingerprint density at radius 3 is 2.78 bits per heavy atom. The number of aromatic amines is 2. The molecule has 0 unspecified atom stereocenters. The SMILES string of the molecule is O=C(CC1CCNCC1)Nc1cncc(-c2ccc3[nH]nc(-c4nc5c(-c6cccc(F)c6)ccnc5[nH]4)c3n2)c1. The summed E-state index contributed by atoms with van der Waals surface area (Å²) < 4.78 is 13.9. The first-order chi connectivity index (χ1) is 20.1. The number of carbonyl (C=O) groups excluding carboxylic acids is 1. The van der Waals surface area contributed by atoms with E-state index in [1.165, 1.54) is 12.1 Å². The van der Waals surface area contributed by atoms with Crippen molar-refractivity contribution in [2.24, 2.45) is 5.92 Å². The van der Waals surface area contributed by atoms with Gasteiger partial charge in [-0.1, -0.05) is 12.1 Å². The summed E-state index contributed by atoms with van der Waals surface area (Å²) in [7, 11) is 0. The Balaban J connectivity index is 1.19. The zero-order valence-corrected chi connectivity index (χ0v) is 22.0. The first-order valence-corrected chi connectivity index (χ1v) is 13.5. The Labute approximate surface area is 233 Å². The van der Waals surface area contributed by atoms with Crippen molar-refractivity contribution in [3.8, 4) is 33.9 Å². The zero-order chi connectivity index (χ0) is 27.8. The second-order valence-electron chi connectivity index (χ2n) is 10.2. The van der Waals surface area contributed by atoms with Crippen LogP contribution in [0.1, 0.15) is 19.3 Å². The molecule has 1 aliphatic rings. The van der Waals surface area contributed by atoms with Crippen LogP contribution >= 0.6 is 0 Å². The van der Waals surface area contributed by atoms with Crippen LogP contribution in [0.15, 0.2) is 67.1 Å². The van der Waals surface area contributed by atoms with Crippen LogP contribution < -0.4 is 10.6 Å². The molecule has 1 fully saturated rings. The van der Waals surface area contributed by atoms with E-state index in [1.54, 1.807) is 24.7 Å². The Kier molecular flexibility index (Phi) is 6.40. The van der Waals surface area contributed by atoms with Crippen LogP contribution in [-0.4, -0.2) is 54.1 Å². The number of imidazole rings is 1. The maximum Gasteiger partial charge on any atom is 0.224 e. The number of carbonyl (C=O) groups is 1. The molecule has 10 nitrogen and oxygen atoms in total. The molecule has 0 spiro atoms. The topological polar surface area (TPSA) is 137 Å². The average Bonchev–Trinajstić information content (AvgIpc) is 3.61. The van der Waals surface area contributed by atoms with Crippen molar-refractivity contribution in [3.63, 3.8) is 0 Å². The van der Waals surface area contributed by atoms with Gasteiger partial charge in [0.25, 0.3) is 0 Å². The minimum atomic E-state index is -0.321. The molecule has 0 radical (unpaired) electrons. The molecule has 0 bridgehead atoms. The van der Waals surface area contributed by atoms with Gasteiger partial charge in [-0.05, 0) is 73.8 Å². The van der Waals surface area contributed by atoms with Crippen molar-refractivity contribution in [2.75, 3.05) is 18.4 Å². The van der Waals surface area contributed by atoms with Crippen molar-refractivity contribution in [1.82, 2.24) is 40.4 Å². The van der Waals surface area contributed by atoms with E-state index >= 15 is 0 Å². The van der Waals surface area contributed by atoms with Crippen molar-refractivity contribution >= 4 is 33.8 Å². The number of aromatic nitrogens is 7. The molecule has 0 saturated carbocycles. The number of rotatable bonds is 6. The molecular formula is C30H26FN9O. The predicted octanol–water partition coefficient (Wildman–Crippen LogP) is 5.09. The lowest BCUT2D eigenvalue weighted by molar-refractivity contribution is -0.117. The summed E-state index contributed by atoms with van der Waals surface area (Å²) >= 11 is 0.